The predicted octanol–water partition coefficient (Wildman–Crippen LogP) is 3.53. The second-order valence-corrected chi connectivity index (χ2v) is 13.0. The molecule has 0 radical (unpaired) electrons. The van der Waals surface area contributed by atoms with Crippen LogP contribution in [-0.2, 0) is 21.4 Å². The van der Waals surface area contributed by atoms with Gasteiger partial charge in [0.2, 0.25) is 5.91 Å². The van der Waals surface area contributed by atoms with E-state index in [0.717, 1.165) is 34.0 Å². The number of hydrogen-bond acceptors (Lipinski definition) is 10. The van der Waals surface area contributed by atoms with Crippen molar-refractivity contribution in [3.05, 3.63) is 70.5 Å². The van der Waals surface area contributed by atoms with Gasteiger partial charge >= 0.3 is 12.3 Å². The second-order valence-electron chi connectivity index (χ2n) is 9.13. The van der Waals surface area contributed by atoms with E-state index in [1.54, 1.807) is 4.90 Å². The number of carbonyl (C=O) groups excluding carboxylic acids is 1. The van der Waals surface area contributed by atoms with Gasteiger partial charge < -0.3 is 20.1 Å². The number of hydrogen-bond donors (Lipinski definition) is 2. The molecule has 1 amide bonds. The van der Waals surface area contributed by atoms with Crippen LogP contribution in [0.5, 0.6) is 5.75 Å². The first-order valence-electron chi connectivity index (χ1n) is 12.3. The monoisotopic (exact) mass is 656 g/mol. The van der Waals surface area contributed by atoms with Crippen molar-refractivity contribution in [3.63, 3.8) is 0 Å². The van der Waals surface area contributed by atoms with E-state index in [9.17, 15) is 36.3 Å². The molecular formula is C25H20ClF3N6O6S2. The summed E-state index contributed by atoms with van der Waals surface area (Å²) >= 11 is 6.80. The van der Waals surface area contributed by atoms with Crippen molar-refractivity contribution in [2.24, 2.45) is 0 Å². The molecule has 1 atom stereocenters. The van der Waals surface area contributed by atoms with Crippen LogP contribution in [0.15, 0.2) is 59.2 Å². The van der Waals surface area contributed by atoms with Gasteiger partial charge in [-0.2, -0.15) is 4.31 Å². The number of benzene rings is 1. The van der Waals surface area contributed by atoms with E-state index >= 15 is 0 Å². The number of nitrogens with one attached hydrogen (secondary N) is 1. The van der Waals surface area contributed by atoms with Crippen LogP contribution in [0.3, 0.4) is 0 Å². The number of aromatic nitrogens is 3. The summed E-state index contributed by atoms with van der Waals surface area (Å²) in [5.41, 5.74) is 0.566. The number of fused-ring (bicyclic) bond motifs is 1. The highest BCUT2D eigenvalue weighted by Gasteiger charge is 2.41. The van der Waals surface area contributed by atoms with Gasteiger partial charge in [0.15, 0.2) is 0 Å². The Kier molecular flexibility index (Phi) is 8.42. The van der Waals surface area contributed by atoms with Crippen molar-refractivity contribution in [3.8, 4) is 5.75 Å². The van der Waals surface area contributed by atoms with Crippen LogP contribution in [0.1, 0.15) is 15.9 Å². The summed E-state index contributed by atoms with van der Waals surface area (Å²) in [6.07, 6.45) is -0.991. The summed E-state index contributed by atoms with van der Waals surface area (Å²) in [7, 11) is -4.16. The molecule has 4 heterocycles. The van der Waals surface area contributed by atoms with E-state index in [2.05, 4.69) is 25.0 Å². The quantitative estimate of drug-likeness (QED) is 0.288. The Labute approximate surface area is 250 Å². The van der Waals surface area contributed by atoms with E-state index < -0.39 is 40.1 Å². The number of sulfonamides is 1. The number of ether oxygens (including phenoxy) is 1. The van der Waals surface area contributed by atoms with Gasteiger partial charge in [-0.1, -0.05) is 23.7 Å². The molecule has 5 rings (SSSR count). The normalized spacial score (nSPS) is 16.3. The molecule has 18 heteroatoms. The van der Waals surface area contributed by atoms with Gasteiger partial charge in [0.1, 0.15) is 38.4 Å². The highest BCUT2D eigenvalue weighted by atomic mass is 35.5. The largest absolute Gasteiger partial charge is 0.573 e. The molecular weight excluding hydrogens is 637 g/mol. The maximum atomic E-state index is 13.6. The van der Waals surface area contributed by atoms with Crippen LogP contribution < -0.4 is 15.0 Å². The number of aromatic carboxylic acids is 1. The molecule has 0 aliphatic carbocycles. The molecule has 0 unspecified atom stereocenters. The topological polar surface area (TPSA) is 155 Å². The molecule has 1 aliphatic rings. The lowest BCUT2D eigenvalue weighted by Gasteiger charge is -2.39. The average Bonchev–Trinajstić information content (AvgIpc) is 3.42. The van der Waals surface area contributed by atoms with Crippen molar-refractivity contribution in [2.75, 3.05) is 24.5 Å². The highest BCUT2D eigenvalue weighted by Crippen LogP contribution is 2.31. The maximum Gasteiger partial charge on any atom is 0.573 e. The fraction of sp³-hybridized carbons (Fsp3) is 0.240. The fourth-order valence-corrected chi connectivity index (χ4v) is 7.56. The predicted molar refractivity (Wildman–Crippen MR) is 148 cm³/mol. The molecule has 1 saturated heterocycles. The summed E-state index contributed by atoms with van der Waals surface area (Å²) in [5.74, 6) is -2.16. The Morgan fingerprint density at radius 3 is 2.51 bits per heavy atom. The van der Waals surface area contributed by atoms with Crippen LogP contribution >= 0.6 is 22.9 Å². The van der Waals surface area contributed by atoms with E-state index in [1.165, 1.54) is 36.7 Å². The van der Waals surface area contributed by atoms with Crippen molar-refractivity contribution in [1.29, 1.82) is 0 Å². The number of pyridine rings is 1. The van der Waals surface area contributed by atoms with Crippen molar-refractivity contribution >= 4 is 61.7 Å². The molecule has 3 aromatic heterocycles. The van der Waals surface area contributed by atoms with Gasteiger partial charge in [-0.15, -0.1) is 24.5 Å². The lowest BCUT2D eigenvalue weighted by molar-refractivity contribution is -0.274. The molecule has 43 heavy (non-hydrogen) atoms. The molecule has 1 fully saturated rings. The maximum absolute atomic E-state index is 13.6. The first-order valence-corrected chi connectivity index (χ1v) is 14.9. The van der Waals surface area contributed by atoms with Crippen LogP contribution in [0, 0.1) is 0 Å². The number of carboxylic acids is 1. The molecule has 226 valence electrons. The van der Waals surface area contributed by atoms with Gasteiger partial charge in [0, 0.05) is 32.4 Å². The summed E-state index contributed by atoms with van der Waals surface area (Å²) in [5, 5.41) is 12.2. The van der Waals surface area contributed by atoms with E-state index in [1.807, 2.05) is 0 Å². The third kappa shape index (κ3) is 6.79. The standard InChI is InChI=1S/C25H20ClF3N6O6S2/c26-19-5-6-21(42-19)43(39,40)35-8-7-34(20-12-31-17-11-30-10-16(24(37)38)22(17)33-20)13-18(35)23(36)32-9-14-1-3-15(4-2-14)41-25(27,28)29/h1-6,10-12,18H,7-9,13H2,(H,32,36)(H,37,38)/t18-/m1/s1. The summed E-state index contributed by atoms with van der Waals surface area (Å²) in [6.45, 7) is -0.334. The molecule has 0 bridgehead atoms. The number of alkyl halides is 3. The number of anilines is 1. The van der Waals surface area contributed by atoms with Gasteiger partial charge in [-0.25, -0.2) is 23.2 Å². The Balaban J connectivity index is 1.41. The van der Waals surface area contributed by atoms with Crippen molar-refractivity contribution < 1.29 is 41.0 Å². The van der Waals surface area contributed by atoms with Gasteiger partial charge in [0.05, 0.1) is 16.7 Å². The third-order valence-electron chi connectivity index (χ3n) is 6.37. The zero-order chi connectivity index (χ0) is 30.9. The number of halogens is 4. The summed E-state index contributed by atoms with van der Waals surface area (Å²) < 4.78 is 69.6. The first kappa shape index (κ1) is 30.4. The first-order chi connectivity index (χ1) is 20.3. The van der Waals surface area contributed by atoms with E-state index in [4.69, 9.17) is 11.6 Å². The number of thiophene rings is 1. The lowest BCUT2D eigenvalue weighted by atomic mass is 10.1. The SMILES string of the molecule is O=C(O)c1cncc2ncc(N3CCN(S(=O)(=O)c4ccc(Cl)s4)[C@@H](C(=O)NCc4ccc(OC(F)(F)F)cc4)C3)nc12. The van der Waals surface area contributed by atoms with Gasteiger partial charge in [0.25, 0.3) is 10.0 Å². The number of piperazine rings is 1. The molecule has 4 aromatic rings. The van der Waals surface area contributed by atoms with Crippen molar-refractivity contribution in [1.82, 2.24) is 24.6 Å². The van der Waals surface area contributed by atoms with E-state index in [0.29, 0.717) is 5.56 Å². The van der Waals surface area contributed by atoms with Crippen molar-refractivity contribution in [2.45, 2.75) is 23.2 Å². The number of nitrogens with zero attached hydrogens (tertiary/aromatic N) is 5. The third-order valence-corrected chi connectivity index (χ3v) is 9.97. The summed E-state index contributed by atoms with van der Waals surface area (Å²) in [6, 6.07) is 6.33. The van der Waals surface area contributed by atoms with Crippen LogP contribution in [0.25, 0.3) is 11.0 Å². The lowest BCUT2D eigenvalue weighted by Crippen LogP contribution is -2.60. The minimum absolute atomic E-state index is 0.0619. The van der Waals surface area contributed by atoms with Gasteiger partial charge in [-0.3, -0.25) is 9.78 Å². The highest BCUT2D eigenvalue weighted by molar-refractivity contribution is 7.91. The number of amides is 1. The zero-order valence-electron chi connectivity index (χ0n) is 21.7. The molecule has 0 spiro atoms. The Morgan fingerprint density at radius 1 is 1.12 bits per heavy atom. The zero-order valence-corrected chi connectivity index (χ0v) is 24.0. The smallest absolute Gasteiger partial charge is 0.478 e. The Hall–Kier alpha value is -4.06. The minimum Gasteiger partial charge on any atom is -0.478 e. The fourth-order valence-electron chi connectivity index (χ4n) is 4.38. The summed E-state index contributed by atoms with van der Waals surface area (Å²) in [4.78, 5) is 39.3. The molecule has 1 aromatic carbocycles. The number of rotatable bonds is 8. The molecule has 2 N–H and O–H groups in total. The van der Waals surface area contributed by atoms with Crippen LogP contribution in [-0.4, -0.2) is 76.7 Å². The number of carbonyl (C=O) groups is 2. The molecule has 12 nitrogen and oxygen atoms in total. The second kappa shape index (κ2) is 11.9. The van der Waals surface area contributed by atoms with Crippen LogP contribution in [0.4, 0.5) is 19.0 Å². The Morgan fingerprint density at radius 2 is 1.86 bits per heavy atom. The minimum atomic E-state index is -4.86. The number of carboxylic acid groups (broad SMARTS) is 1. The molecule has 1 aliphatic heterocycles. The average molecular weight is 657 g/mol. The van der Waals surface area contributed by atoms with E-state index in [-0.39, 0.29) is 57.1 Å². The van der Waals surface area contributed by atoms with Gasteiger partial charge in [-0.05, 0) is 29.8 Å². The Bertz CT molecular complexity index is 1790. The van der Waals surface area contributed by atoms with Crippen LogP contribution in [0.2, 0.25) is 4.34 Å². The molecule has 0 saturated carbocycles.